The van der Waals surface area contributed by atoms with E-state index >= 15 is 0 Å². The highest BCUT2D eigenvalue weighted by Crippen LogP contribution is 2.28. The molecule has 2 aromatic carbocycles. The van der Waals surface area contributed by atoms with Crippen LogP contribution >= 0.6 is 48.0 Å². The van der Waals surface area contributed by atoms with Gasteiger partial charge in [0, 0.05) is 25.7 Å². The zero-order valence-electron chi connectivity index (χ0n) is 15.8. The number of benzene rings is 2. The highest BCUT2D eigenvalue weighted by atomic mass is 35.5. The third-order valence-corrected chi connectivity index (χ3v) is 5.29. The number of nitrogens with zero attached hydrogens (tertiary/aromatic N) is 1. The van der Waals surface area contributed by atoms with Gasteiger partial charge in [0.15, 0.2) is 0 Å². The normalized spacial score (nSPS) is 15.7. The molecule has 5 nitrogen and oxygen atoms in total. The molecule has 2 aromatic rings. The number of ether oxygens (including phenoxy) is 2. The summed E-state index contributed by atoms with van der Waals surface area (Å²) in [5, 5.41) is 11.3. The van der Waals surface area contributed by atoms with Crippen molar-refractivity contribution < 1.29 is 14.6 Å². The van der Waals surface area contributed by atoms with E-state index < -0.39 is 6.10 Å². The third-order valence-electron chi connectivity index (χ3n) is 4.55. The van der Waals surface area contributed by atoms with Crippen molar-refractivity contribution in [1.29, 1.82) is 0 Å². The van der Waals surface area contributed by atoms with Gasteiger partial charge in [0.2, 0.25) is 0 Å². The molecule has 0 aliphatic carbocycles. The van der Waals surface area contributed by atoms with Crippen molar-refractivity contribution in [3.8, 4) is 11.5 Å². The van der Waals surface area contributed by atoms with Gasteiger partial charge in [0.05, 0.1) is 15.7 Å². The van der Waals surface area contributed by atoms with E-state index in [1.807, 2.05) is 18.2 Å². The summed E-state index contributed by atoms with van der Waals surface area (Å²) in [4.78, 5) is 2.22. The van der Waals surface area contributed by atoms with Gasteiger partial charge in [0.1, 0.15) is 30.3 Å². The van der Waals surface area contributed by atoms with Gasteiger partial charge in [-0.3, -0.25) is 0 Å². The first-order valence-corrected chi connectivity index (χ1v) is 9.76. The summed E-state index contributed by atoms with van der Waals surface area (Å²) in [5.41, 5.74) is 6.41. The summed E-state index contributed by atoms with van der Waals surface area (Å²) in [7, 11) is 0. The lowest BCUT2D eigenvalue weighted by atomic mass is 10.1. The van der Waals surface area contributed by atoms with E-state index in [-0.39, 0.29) is 37.5 Å². The molecule has 1 unspecified atom stereocenters. The maximum absolute atomic E-state index is 10.2. The largest absolute Gasteiger partial charge is 0.490 e. The Morgan fingerprint density at radius 1 is 1.07 bits per heavy atom. The number of nitrogen functional groups attached to an aromatic ring is 1. The minimum absolute atomic E-state index is 0. The SMILES string of the molecule is Cl.Cl.Nc1ccccc1OCC(O)CN1CCC(Oc2ccc(Cl)c(Cl)c2)CC1. The quantitative estimate of drug-likeness (QED) is 0.558. The van der Waals surface area contributed by atoms with Gasteiger partial charge in [-0.05, 0) is 37.1 Å². The number of halogens is 4. The maximum Gasteiger partial charge on any atom is 0.142 e. The summed E-state index contributed by atoms with van der Waals surface area (Å²) in [5.74, 6) is 1.34. The fourth-order valence-corrected chi connectivity index (χ4v) is 3.39. The molecule has 1 fully saturated rings. The number of aliphatic hydroxyl groups is 1. The minimum Gasteiger partial charge on any atom is -0.490 e. The first-order valence-electron chi connectivity index (χ1n) is 9.00. The van der Waals surface area contributed by atoms with Gasteiger partial charge in [-0.2, -0.15) is 0 Å². The van der Waals surface area contributed by atoms with Gasteiger partial charge in [-0.15, -0.1) is 24.8 Å². The number of rotatable bonds is 7. The predicted molar refractivity (Wildman–Crippen MR) is 123 cm³/mol. The van der Waals surface area contributed by atoms with E-state index in [1.54, 1.807) is 24.3 Å². The molecule has 29 heavy (non-hydrogen) atoms. The van der Waals surface area contributed by atoms with E-state index in [2.05, 4.69) is 4.90 Å². The number of hydrogen-bond donors (Lipinski definition) is 2. The van der Waals surface area contributed by atoms with Crippen LogP contribution in [0.15, 0.2) is 42.5 Å². The number of anilines is 1. The minimum atomic E-state index is -0.572. The molecule has 1 heterocycles. The Hall–Kier alpha value is -1.08. The Bertz CT molecular complexity index is 758. The van der Waals surface area contributed by atoms with E-state index in [9.17, 15) is 5.11 Å². The third kappa shape index (κ3) is 7.93. The smallest absolute Gasteiger partial charge is 0.142 e. The van der Waals surface area contributed by atoms with Gasteiger partial charge in [-0.25, -0.2) is 0 Å². The van der Waals surface area contributed by atoms with Crippen molar-refractivity contribution in [2.45, 2.75) is 25.0 Å². The summed E-state index contributed by atoms with van der Waals surface area (Å²) >= 11 is 12.0. The number of nitrogens with two attached hydrogens (primary N) is 1. The highest BCUT2D eigenvalue weighted by Gasteiger charge is 2.22. The molecule has 0 spiro atoms. The molecule has 3 N–H and O–H groups in total. The maximum atomic E-state index is 10.2. The van der Waals surface area contributed by atoms with Crippen molar-refractivity contribution in [3.63, 3.8) is 0 Å². The number of β-amino-alcohol motifs (C(OH)–C–C–N with tert-alkyl or cyclic N) is 1. The zero-order chi connectivity index (χ0) is 19.2. The fourth-order valence-electron chi connectivity index (χ4n) is 3.10. The summed E-state index contributed by atoms with van der Waals surface area (Å²) in [6.07, 6.45) is 1.34. The molecule has 9 heteroatoms. The van der Waals surface area contributed by atoms with Crippen molar-refractivity contribution in [3.05, 3.63) is 52.5 Å². The Labute approximate surface area is 193 Å². The van der Waals surface area contributed by atoms with E-state index in [4.69, 9.17) is 38.4 Å². The highest BCUT2D eigenvalue weighted by molar-refractivity contribution is 6.42. The van der Waals surface area contributed by atoms with Crippen LogP contribution in [0.25, 0.3) is 0 Å². The summed E-state index contributed by atoms with van der Waals surface area (Å²) in [6, 6.07) is 12.6. The Morgan fingerprint density at radius 3 is 2.41 bits per heavy atom. The van der Waals surface area contributed by atoms with Crippen molar-refractivity contribution in [2.24, 2.45) is 0 Å². The molecule has 0 amide bonds. The molecule has 1 aliphatic heterocycles. The van der Waals surface area contributed by atoms with Crippen LogP contribution in [0.5, 0.6) is 11.5 Å². The number of piperidine rings is 1. The lowest BCUT2D eigenvalue weighted by molar-refractivity contribution is 0.0403. The van der Waals surface area contributed by atoms with Crippen molar-refractivity contribution in [1.82, 2.24) is 4.90 Å². The molecule has 1 atom stereocenters. The summed E-state index contributed by atoms with van der Waals surface area (Å²) in [6.45, 7) is 2.49. The monoisotopic (exact) mass is 482 g/mol. The van der Waals surface area contributed by atoms with Crippen LogP contribution in [0.4, 0.5) is 5.69 Å². The average Bonchev–Trinajstić information content (AvgIpc) is 2.66. The van der Waals surface area contributed by atoms with Gasteiger partial charge in [0.25, 0.3) is 0 Å². The number of likely N-dealkylation sites (tertiary alicyclic amines) is 1. The van der Waals surface area contributed by atoms with Crippen LogP contribution in [0, 0.1) is 0 Å². The van der Waals surface area contributed by atoms with E-state index in [1.165, 1.54) is 0 Å². The summed E-state index contributed by atoms with van der Waals surface area (Å²) < 4.78 is 11.6. The van der Waals surface area contributed by atoms with Gasteiger partial charge < -0.3 is 25.2 Å². The molecule has 0 saturated carbocycles. The van der Waals surface area contributed by atoms with Crippen LogP contribution in [0.2, 0.25) is 10.0 Å². The molecule has 1 aliphatic rings. The molecular weight excluding hydrogens is 458 g/mol. The first-order chi connectivity index (χ1) is 13.0. The second-order valence-corrected chi connectivity index (χ2v) is 7.51. The van der Waals surface area contributed by atoms with Crippen LogP contribution in [-0.4, -0.2) is 48.5 Å². The standard InChI is InChI=1S/C20H24Cl2N2O3.2ClH/c21-17-6-5-16(11-18(17)22)27-15-7-9-24(10-8-15)12-14(25)13-26-20-4-2-1-3-19(20)23;;/h1-6,11,14-15,25H,7-10,12-13,23H2;2*1H. The Balaban J connectivity index is 0.00000210. The molecule has 0 aromatic heterocycles. The molecule has 3 rings (SSSR count). The number of hydrogen-bond acceptors (Lipinski definition) is 5. The molecule has 1 saturated heterocycles. The van der Waals surface area contributed by atoms with Crippen molar-refractivity contribution in [2.75, 3.05) is 32.0 Å². The average molecular weight is 484 g/mol. The lowest BCUT2D eigenvalue weighted by Gasteiger charge is -2.33. The van der Waals surface area contributed by atoms with Crippen molar-refractivity contribution >= 4 is 53.7 Å². The Morgan fingerprint density at radius 2 is 1.76 bits per heavy atom. The predicted octanol–water partition coefficient (Wildman–Crippen LogP) is 4.70. The first kappa shape index (κ1) is 26.0. The number of aliphatic hydroxyl groups excluding tert-OH is 1. The molecular formula is C20H26Cl4N2O3. The topological polar surface area (TPSA) is 68.0 Å². The van der Waals surface area contributed by atoms with E-state index in [0.717, 1.165) is 31.7 Å². The second-order valence-electron chi connectivity index (χ2n) is 6.70. The lowest BCUT2D eigenvalue weighted by Crippen LogP contribution is -2.43. The van der Waals surface area contributed by atoms with E-state index in [0.29, 0.717) is 28.0 Å². The van der Waals surface area contributed by atoms with Crippen LogP contribution in [0.3, 0.4) is 0 Å². The van der Waals surface area contributed by atoms with Crippen LogP contribution in [-0.2, 0) is 0 Å². The molecule has 0 bridgehead atoms. The molecule has 162 valence electrons. The van der Waals surface area contributed by atoms with Crippen LogP contribution < -0.4 is 15.2 Å². The number of para-hydroxylation sites is 2. The van der Waals surface area contributed by atoms with Gasteiger partial charge in [-0.1, -0.05) is 35.3 Å². The zero-order valence-corrected chi connectivity index (χ0v) is 18.9. The fraction of sp³-hybridized carbons (Fsp3) is 0.400. The van der Waals surface area contributed by atoms with Crippen LogP contribution in [0.1, 0.15) is 12.8 Å². The van der Waals surface area contributed by atoms with Gasteiger partial charge >= 0.3 is 0 Å². The Kier molecular flexibility index (Phi) is 11.3. The molecule has 0 radical (unpaired) electrons. The second kappa shape index (κ2) is 12.6.